The highest BCUT2D eigenvalue weighted by Gasteiger charge is 2.03. The van der Waals surface area contributed by atoms with E-state index in [1.807, 2.05) is 70.2 Å². The van der Waals surface area contributed by atoms with Crippen molar-refractivity contribution >= 4 is 17.2 Å². The van der Waals surface area contributed by atoms with Gasteiger partial charge in [0.1, 0.15) is 6.07 Å². The van der Waals surface area contributed by atoms with Crippen LogP contribution in [0.2, 0.25) is 0 Å². The molecule has 0 spiro atoms. The average Bonchev–Trinajstić information content (AvgIpc) is 2.51. The van der Waals surface area contributed by atoms with Gasteiger partial charge in [0.15, 0.2) is 0 Å². The second-order valence-corrected chi connectivity index (χ2v) is 5.37. The molecule has 2 aromatic rings. The number of hydrazone groups is 1. The van der Waals surface area contributed by atoms with E-state index in [1.165, 1.54) is 0 Å². The summed E-state index contributed by atoms with van der Waals surface area (Å²) in [6.07, 6.45) is 0. The molecule has 0 aliphatic heterocycles. The van der Waals surface area contributed by atoms with Crippen LogP contribution in [0.1, 0.15) is 22.3 Å². The summed E-state index contributed by atoms with van der Waals surface area (Å²) in [6, 6.07) is 13.8. The van der Waals surface area contributed by atoms with Gasteiger partial charge in [-0.15, -0.1) is 15.3 Å². The van der Waals surface area contributed by atoms with E-state index in [0.29, 0.717) is 0 Å². The molecule has 0 bridgehead atoms. The Bertz CT molecular complexity index is 772. The predicted molar refractivity (Wildman–Crippen MR) is 93.0 cm³/mol. The fraction of sp³-hybridized carbons (Fsp3) is 0.222. The van der Waals surface area contributed by atoms with Gasteiger partial charge < -0.3 is 0 Å². The molecule has 1 N–H and O–H groups in total. The summed E-state index contributed by atoms with van der Waals surface area (Å²) in [4.78, 5) is 0. The topological polar surface area (TPSA) is 72.9 Å². The van der Waals surface area contributed by atoms with E-state index in [0.717, 1.165) is 33.6 Å². The van der Waals surface area contributed by atoms with Crippen molar-refractivity contribution in [3.8, 4) is 6.07 Å². The van der Waals surface area contributed by atoms with Crippen LogP contribution < -0.4 is 5.43 Å². The van der Waals surface area contributed by atoms with Crippen molar-refractivity contribution in [1.29, 1.82) is 5.26 Å². The van der Waals surface area contributed by atoms with E-state index in [4.69, 9.17) is 0 Å². The van der Waals surface area contributed by atoms with Crippen molar-refractivity contribution in [2.75, 3.05) is 5.43 Å². The third kappa shape index (κ3) is 4.01. The van der Waals surface area contributed by atoms with E-state index in [1.54, 1.807) is 0 Å². The van der Waals surface area contributed by atoms with Crippen LogP contribution >= 0.6 is 0 Å². The lowest BCUT2D eigenvalue weighted by Gasteiger charge is -2.07. The summed E-state index contributed by atoms with van der Waals surface area (Å²) in [5, 5.41) is 21.4. The van der Waals surface area contributed by atoms with E-state index >= 15 is 0 Å². The van der Waals surface area contributed by atoms with Gasteiger partial charge in [0.2, 0.25) is 0 Å². The molecule has 2 aromatic carbocycles. The smallest absolute Gasteiger partial charge is 0.270 e. The molecule has 5 heteroatoms. The number of rotatable bonds is 3. The highest BCUT2D eigenvalue weighted by atomic mass is 15.3. The first-order chi connectivity index (χ1) is 11.0. The van der Waals surface area contributed by atoms with E-state index in [9.17, 15) is 5.26 Å². The van der Waals surface area contributed by atoms with Gasteiger partial charge in [0, 0.05) is 0 Å². The molecule has 0 saturated carbocycles. The lowest BCUT2D eigenvalue weighted by atomic mass is 10.1. The zero-order chi connectivity index (χ0) is 16.8. The van der Waals surface area contributed by atoms with Crippen LogP contribution in [-0.2, 0) is 0 Å². The fourth-order valence-electron chi connectivity index (χ4n) is 2.23. The molecule has 0 aromatic heterocycles. The number of benzene rings is 2. The Morgan fingerprint density at radius 3 is 1.96 bits per heavy atom. The summed E-state index contributed by atoms with van der Waals surface area (Å²) in [6.45, 7) is 7.88. The fourth-order valence-corrected chi connectivity index (χ4v) is 2.23. The monoisotopic (exact) mass is 305 g/mol. The minimum atomic E-state index is -0.0182. The molecular formula is C18H19N5. The minimum absolute atomic E-state index is 0.0182. The first-order valence-corrected chi connectivity index (χ1v) is 7.31. The Hall–Kier alpha value is -3.00. The van der Waals surface area contributed by atoms with Crippen molar-refractivity contribution in [3.63, 3.8) is 0 Å². The van der Waals surface area contributed by atoms with Crippen LogP contribution in [0.15, 0.2) is 51.7 Å². The van der Waals surface area contributed by atoms with Crippen molar-refractivity contribution in [2.45, 2.75) is 27.7 Å². The Labute approximate surface area is 136 Å². The largest absolute Gasteiger partial charge is 0.275 e. The molecule has 0 fully saturated rings. The number of amidine groups is 1. The third-order valence-corrected chi connectivity index (χ3v) is 3.54. The molecule has 0 heterocycles. The molecular weight excluding hydrogens is 286 g/mol. The summed E-state index contributed by atoms with van der Waals surface area (Å²) >= 11 is 0. The average molecular weight is 305 g/mol. The third-order valence-electron chi connectivity index (χ3n) is 3.54. The Balaban J connectivity index is 2.24. The van der Waals surface area contributed by atoms with Gasteiger partial charge in [-0.05, 0) is 49.9 Å². The Morgan fingerprint density at radius 2 is 1.43 bits per heavy atom. The van der Waals surface area contributed by atoms with Gasteiger partial charge in [0.25, 0.3) is 5.84 Å². The van der Waals surface area contributed by atoms with Gasteiger partial charge in [-0.1, -0.05) is 36.4 Å². The van der Waals surface area contributed by atoms with Crippen LogP contribution in [0.25, 0.3) is 0 Å². The van der Waals surface area contributed by atoms with Crippen LogP contribution in [0.3, 0.4) is 0 Å². The summed E-state index contributed by atoms with van der Waals surface area (Å²) in [7, 11) is 0. The number of azo groups is 1. The number of aryl methyl sites for hydroxylation is 4. The maximum Gasteiger partial charge on any atom is 0.270 e. The molecule has 0 amide bonds. The summed E-state index contributed by atoms with van der Waals surface area (Å²) < 4.78 is 0. The molecule has 0 atom stereocenters. The summed E-state index contributed by atoms with van der Waals surface area (Å²) in [5.41, 5.74) is 8.68. The first-order valence-electron chi connectivity index (χ1n) is 7.31. The maximum absolute atomic E-state index is 9.18. The Morgan fingerprint density at radius 1 is 0.913 bits per heavy atom. The van der Waals surface area contributed by atoms with E-state index in [-0.39, 0.29) is 5.84 Å². The van der Waals surface area contributed by atoms with Crippen molar-refractivity contribution < 1.29 is 0 Å². The van der Waals surface area contributed by atoms with Crippen LogP contribution in [0.4, 0.5) is 11.4 Å². The zero-order valence-electron chi connectivity index (χ0n) is 13.8. The van der Waals surface area contributed by atoms with Gasteiger partial charge in [-0.2, -0.15) is 5.26 Å². The number of hydrogen-bond donors (Lipinski definition) is 1. The lowest BCUT2D eigenvalue weighted by Crippen LogP contribution is -1.99. The minimum Gasteiger partial charge on any atom is -0.275 e. The van der Waals surface area contributed by atoms with Gasteiger partial charge in [-0.25, -0.2) is 0 Å². The molecule has 2 rings (SSSR count). The van der Waals surface area contributed by atoms with Crippen molar-refractivity contribution in [3.05, 3.63) is 58.7 Å². The number of hydrogen-bond acceptors (Lipinski definition) is 4. The van der Waals surface area contributed by atoms with Crippen LogP contribution in [0, 0.1) is 39.0 Å². The van der Waals surface area contributed by atoms with E-state index < -0.39 is 0 Å². The maximum atomic E-state index is 9.18. The number of nitrogens with zero attached hydrogens (tertiary/aromatic N) is 4. The van der Waals surface area contributed by atoms with Crippen LogP contribution in [-0.4, -0.2) is 5.84 Å². The van der Waals surface area contributed by atoms with Gasteiger partial charge in [-0.3, -0.25) is 5.43 Å². The molecule has 0 unspecified atom stereocenters. The highest BCUT2D eigenvalue weighted by molar-refractivity contribution is 5.97. The Kier molecular flexibility index (Phi) is 5.21. The van der Waals surface area contributed by atoms with E-state index in [2.05, 4.69) is 20.8 Å². The normalized spacial score (nSPS) is 11.5. The van der Waals surface area contributed by atoms with Crippen molar-refractivity contribution in [2.24, 2.45) is 15.3 Å². The molecule has 0 radical (unpaired) electrons. The predicted octanol–water partition coefficient (Wildman–Crippen LogP) is 4.95. The highest BCUT2D eigenvalue weighted by Crippen LogP contribution is 2.23. The van der Waals surface area contributed by atoms with Gasteiger partial charge >= 0.3 is 0 Å². The SMILES string of the molecule is Cc1cccc(C)c1N=N/C(C#N)=N/Nc1c(C)cccc1C. The lowest BCUT2D eigenvalue weighted by molar-refractivity contribution is 1.19. The number of para-hydroxylation sites is 1. The van der Waals surface area contributed by atoms with Gasteiger partial charge in [0.05, 0.1) is 11.4 Å². The number of anilines is 1. The second kappa shape index (κ2) is 7.32. The number of nitriles is 1. The molecule has 23 heavy (non-hydrogen) atoms. The first kappa shape index (κ1) is 16.4. The van der Waals surface area contributed by atoms with Crippen molar-refractivity contribution in [1.82, 2.24) is 0 Å². The quantitative estimate of drug-likeness (QED) is 0.377. The standard InChI is InChI=1S/C18H19N5/c1-12-7-5-8-13(2)17(12)22-20-16(11-19)21-23-18-14(3)9-6-10-15(18)4/h5-10,22H,1-4H3/b20-16+,23-21?. The summed E-state index contributed by atoms with van der Waals surface area (Å²) in [5.74, 6) is -0.0182. The second-order valence-electron chi connectivity index (χ2n) is 5.37. The molecule has 0 aliphatic carbocycles. The van der Waals surface area contributed by atoms with Crippen LogP contribution in [0.5, 0.6) is 0 Å². The number of nitrogens with one attached hydrogen (secondary N) is 1. The molecule has 0 aliphatic rings. The molecule has 5 nitrogen and oxygen atoms in total. The molecule has 116 valence electrons. The molecule has 0 saturated heterocycles. The zero-order valence-corrected chi connectivity index (χ0v) is 13.8.